The SMILES string of the molecule is C.COCC(O)COC(=O)OCCCCCC(C)=O. The van der Waals surface area contributed by atoms with E-state index >= 15 is 0 Å². The molecule has 19 heavy (non-hydrogen) atoms. The van der Waals surface area contributed by atoms with Crippen LogP contribution in [-0.2, 0) is 19.0 Å². The van der Waals surface area contributed by atoms with E-state index in [0.717, 1.165) is 12.8 Å². The van der Waals surface area contributed by atoms with Crippen LogP contribution in [0.15, 0.2) is 0 Å². The summed E-state index contributed by atoms with van der Waals surface area (Å²) in [5.41, 5.74) is 0. The largest absolute Gasteiger partial charge is 0.508 e. The van der Waals surface area contributed by atoms with E-state index in [2.05, 4.69) is 9.47 Å². The van der Waals surface area contributed by atoms with Crippen molar-refractivity contribution in [3.8, 4) is 0 Å². The Morgan fingerprint density at radius 2 is 1.79 bits per heavy atom. The molecule has 0 aliphatic heterocycles. The second-order valence-electron chi connectivity index (χ2n) is 4.03. The van der Waals surface area contributed by atoms with Crippen molar-refractivity contribution < 1.29 is 28.9 Å². The van der Waals surface area contributed by atoms with E-state index in [1.54, 1.807) is 6.92 Å². The Bertz CT molecular complexity index is 241. The summed E-state index contributed by atoms with van der Waals surface area (Å²) in [6.45, 7) is 1.78. The Kier molecular flexibility index (Phi) is 14.1. The molecule has 0 fully saturated rings. The first-order valence-electron chi connectivity index (χ1n) is 6.02. The van der Waals surface area contributed by atoms with Crippen LogP contribution in [-0.4, -0.2) is 50.1 Å². The molecule has 0 spiro atoms. The summed E-state index contributed by atoms with van der Waals surface area (Å²) in [7, 11) is 1.45. The van der Waals surface area contributed by atoms with Crippen molar-refractivity contribution in [3.63, 3.8) is 0 Å². The number of carbonyl (C=O) groups excluding carboxylic acids is 2. The number of aliphatic hydroxyl groups excluding tert-OH is 1. The Morgan fingerprint density at radius 3 is 2.37 bits per heavy atom. The molecule has 1 unspecified atom stereocenters. The van der Waals surface area contributed by atoms with Gasteiger partial charge in [0.15, 0.2) is 0 Å². The highest BCUT2D eigenvalue weighted by atomic mass is 16.7. The first-order valence-corrected chi connectivity index (χ1v) is 6.02. The zero-order chi connectivity index (χ0) is 13.8. The molecule has 0 bridgehead atoms. The summed E-state index contributed by atoms with van der Waals surface area (Å²) < 4.78 is 14.1. The molecule has 0 saturated carbocycles. The molecule has 0 aromatic heterocycles. The molecule has 0 aliphatic rings. The van der Waals surface area contributed by atoms with E-state index in [1.165, 1.54) is 7.11 Å². The third-order valence-corrected chi connectivity index (χ3v) is 2.15. The van der Waals surface area contributed by atoms with Gasteiger partial charge in [-0.3, -0.25) is 0 Å². The highest BCUT2D eigenvalue weighted by Gasteiger charge is 2.09. The minimum absolute atomic E-state index is 0. The van der Waals surface area contributed by atoms with Gasteiger partial charge in [0.2, 0.25) is 0 Å². The molecule has 6 heteroatoms. The topological polar surface area (TPSA) is 82.1 Å². The van der Waals surface area contributed by atoms with Crippen molar-refractivity contribution in [1.29, 1.82) is 0 Å². The lowest BCUT2D eigenvalue weighted by atomic mass is 10.1. The Hall–Kier alpha value is -1.14. The third-order valence-electron chi connectivity index (χ3n) is 2.15. The fraction of sp³-hybridized carbons (Fsp3) is 0.846. The monoisotopic (exact) mass is 278 g/mol. The van der Waals surface area contributed by atoms with E-state index in [4.69, 9.17) is 4.74 Å². The highest BCUT2D eigenvalue weighted by molar-refractivity contribution is 5.75. The van der Waals surface area contributed by atoms with E-state index in [1.807, 2.05) is 0 Å². The number of rotatable bonds is 10. The van der Waals surface area contributed by atoms with Crippen LogP contribution in [0, 0.1) is 0 Å². The number of Topliss-reactive ketones (excluding diaryl/α,β-unsaturated/α-hetero) is 1. The average Bonchev–Trinajstić information content (AvgIpc) is 2.31. The van der Waals surface area contributed by atoms with Gasteiger partial charge in [0.05, 0.1) is 13.2 Å². The number of carbonyl (C=O) groups is 2. The van der Waals surface area contributed by atoms with Crippen LogP contribution in [0.5, 0.6) is 0 Å². The highest BCUT2D eigenvalue weighted by Crippen LogP contribution is 2.01. The molecule has 0 aliphatic carbocycles. The standard InChI is InChI=1S/C12H22O6.CH4/c1-10(13)6-4-3-5-7-17-12(15)18-9-11(14)8-16-2;/h11,14H,3-9H2,1-2H3;1H4. The number of unbranched alkanes of at least 4 members (excludes halogenated alkanes) is 2. The molecule has 114 valence electrons. The Balaban J connectivity index is 0. The Labute approximate surface area is 115 Å². The first-order chi connectivity index (χ1) is 8.56. The van der Waals surface area contributed by atoms with Crippen molar-refractivity contribution in [3.05, 3.63) is 0 Å². The van der Waals surface area contributed by atoms with E-state index in [0.29, 0.717) is 12.8 Å². The minimum Gasteiger partial charge on any atom is -0.434 e. The lowest BCUT2D eigenvalue weighted by molar-refractivity contribution is -0.117. The summed E-state index contributed by atoms with van der Waals surface area (Å²) >= 11 is 0. The maximum absolute atomic E-state index is 11.0. The van der Waals surface area contributed by atoms with Crippen LogP contribution >= 0.6 is 0 Å². The van der Waals surface area contributed by atoms with Gasteiger partial charge in [0.1, 0.15) is 18.5 Å². The zero-order valence-electron chi connectivity index (χ0n) is 11.0. The third kappa shape index (κ3) is 14.8. The van der Waals surface area contributed by atoms with Crippen LogP contribution in [0.1, 0.15) is 40.0 Å². The number of hydrogen-bond acceptors (Lipinski definition) is 6. The molecule has 6 nitrogen and oxygen atoms in total. The number of ether oxygens (including phenoxy) is 3. The van der Waals surface area contributed by atoms with Crippen LogP contribution in [0.4, 0.5) is 4.79 Å². The quantitative estimate of drug-likeness (QED) is 0.485. The Morgan fingerprint density at radius 1 is 1.11 bits per heavy atom. The average molecular weight is 278 g/mol. The van der Waals surface area contributed by atoms with Gasteiger partial charge in [-0.1, -0.05) is 7.43 Å². The maximum Gasteiger partial charge on any atom is 0.508 e. The normalized spacial score (nSPS) is 11.3. The van der Waals surface area contributed by atoms with Crippen LogP contribution in [0.3, 0.4) is 0 Å². The van der Waals surface area contributed by atoms with Gasteiger partial charge in [-0.05, 0) is 26.2 Å². The predicted molar refractivity (Wildman–Crippen MR) is 71.1 cm³/mol. The maximum atomic E-state index is 11.0. The fourth-order valence-corrected chi connectivity index (χ4v) is 1.25. The molecular weight excluding hydrogens is 252 g/mol. The molecule has 0 saturated heterocycles. The smallest absolute Gasteiger partial charge is 0.434 e. The summed E-state index contributed by atoms with van der Waals surface area (Å²) in [4.78, 5) is 21.7. The summed E-state index contributed by atoms with van der Waals surface area (Å²) in [6.07, 6.45) is 1.27. The zero-order valence-corrected chi connectivity index (χ0v) is 11.0. The number of aliphatic hydroxyl groups is 1. The molecule has 0 heterocycles. The van der Waals surface area contributed by atoms with Gasteiger partial charge in [-0.15, -0.1) is 0 Å². The van der Waals surface area contributed by atoms with Crippen LogP contribution in [0.2, 0.25) is 0 Å². The molecular formula is C13H26O6. The van der Waals surface area contributed by atoms with E-state index in [9.17, 15) is 14.7 Å². The van der Waals surface area contributed by atoms with E-state index < -0.39 is 12.3 Å². The second kappa shape index (κ2) is 13.3. The van der Waals surface area contributed by atoms with Gasteiger partial charge < -0.3 is 24.1 Å². The van der Waals surface area contributed by atoms with Crippen molar-refractivity contribution >= 4 is 11.9 Å². The van der Waals surface area contributed by atoms with Crippen molar-refractivity contribution in [1.82, 2.24) is 0 Å². The summed E-state index contributed by atoms with van der Waals surface area (Å²) in [6, 6.07) is 0. The van der Waals surface area contributed by atoms with Gasteiger partial charge in [-0.2, -0.15) is 0 Å². The number of hydrogen-bond donors (Lipinski definition) is 1. The fourth-order valence-electron chi connectivity index (χ4n) is 1.25. The lowest BCUT2D eigenvalue weighted by Crippen LogP contribution is -2.23. The second-order valence-corrected chi connectivity index (χ2v) is 4.03. The molecule has 0 radical (unpaired) electrons. The summed E-state index contributed by atoms with van der Waals surface area (Å²) in [5, 5.41) is 9.20. The molecule has 1 atom stereocenters. The van der Waals surface area contributed by atoms with Gasteiger partial charge in [0, 0.05) is 13.5 Å². The predicted octanol–water partition coefficient (Wildman–Crippen LogP) is 1.93. The van der Waals surface area contributed by atoms with Crippen LogP contribution < -0.4 is 0 Å². The van der Waals surface area contributed by atoms with Gasteiger partial charge in [-0.25, -0.2) is 4.79 Å². The first kappa shape index (κ1) is 20.2. The molecule has 0 aromatic rings. The van der Waals surface area contributed by atoms with Gasteiger partial charge in [0.25, 0.3) is 0 Å². The molecule has 0 aromatic carbocycles. The minimum atomic E-state index is -0.835. The van der Waals surface area contributed by atoms with Gasteiger partial charge >= 0.3 is 6.16 Å². The number of ketones is 1. The van der Waals surface area contributed by atoms with Crippen molar-refractivity contribution in [2.75, 3.05) is 26.9 Å². The number of methoxy groups -OCH3 is 1. The van der Waals surface area contributed by atoms with Crippen LogP contribution in [0.25, 0.3) is 0 Å². The molecule has 1 N–H and O–H groups in total. The van der Waals surface area contributed by atoms with E-state index in [-0.39, 0.29) is 33.0 Å². The van der Waals surface area contributed by atoms with Crippen molar-refractivity contribution in [2.45, 2.75) is 46.1 Å². The molecule has 0 rings (SSSR count). The lowest BCUT2D eigenvalue weighted by Gasteiger charge is -2.10. The molecule has 0 amide bonds. The summed E-state index contributed by atoms with van der Waals surface area (Å²) in [5.74, 6) is 0.169. The van der Waals surface area contributed by atoms with Crippen molar-refractivity contribution in [2.24, 2.45) is 0 Å².